The van der Waals surface area contributed by atoms with Crippen LogP contribution < -0.4 is 14.8 Å². The fourth-order valence-electron chi connectivity index (χ4n) is 3.92. The quantitative estimate of drug-likeness (QED) is 0.547. The normalized spacial score (nSPS) is 21.9. The number of likely N-dealkylation sites (tertiary alicyclic amines) is 1. The van der Waals surface area contributed by atoms with Gasteiger partial charge in [0, 0.05) is 52.8 Å². The van der Waals surface area contributed by atoms with Crippen LogP contribution in [-0.2, 0) is 9.47 Å². The largest absolute Gasteiger partial charge is 0.489 e. The minimum atomic E-state index is -0.219. The summed E-state index contributed by atoms with van der Waals surface area (Å²) in [6.45, 7) is 5.15. The number of nitrogens with zero attached hydrogens (tertiary/aromatic N) is 1. The number of fused-ring (bicyclic) bond motifs is 1. The molecule has 3 rings (SSSR count). The molecule has 0 spiro atoms. The molecule has 7 nitrogen and oxygen atoms in total. The molecule has 1 saturated heterocycles. The van der Waals surface area contributed by atoms with E-state index in [1.54, 1.807) is 20.3 Å². The molecular formula is C21H30BrClN2O5. The highest BCUT2D eigenvalue weighted by Gasteiger charge is 2.30. The summed E-state index contributed by atoms with van der Waals surface area (Å²) in [7, 11) is 3.46. The first-order valence-corrected chi connectivity index (χ1v) is 11.5. The van der Waals surface area contributed by atoms with E-state index in [9.17, 15) is 4.79 Å². The Morgan fingerprint density at radius 2 is 2.10 bits per heavy atom. The molecule has 2 heterocycles. The van der Waals surface area contributed by atoms with Gasteiger partial charge in [0.05, 0.1) is 34.4 Å². The summed E-state index contributed by atoms with van der Waals surface area (Å²) < 4.78 is 23.1. The summed E-state index contributed by atoms with van der Waals surface area (Å²) in [6, 6.07) is 1.63. The summed E-state index contributed by atoms with van der Waals surface area (Å²) >= 11 is 9.75. The molecule has 9 heteroatoms. The van der Waals surface area contributed by atoms with Crippen molar-refractivity contribution in [1.82, 2.24) is 10.2 Å². The van der Waals surface area contributed by atoms with Crippen LogP contribution in [0.5, 0.6) is 11.5 Å². The van der Waals surface area contributed by atoms with Gasteiger partial charge in [-0.25, -0.2) is 0 Å². The van der Waals surface area contributed by atoms with Gasteiger partial charge < -0.3 is 29.2 Å². The Labute approximate surface area is 191 Å². The maximum Gasteiger partial charge on any atom is 0.255 e. The molecule has 30 heavy (non-hydrogen) atoms. The van der Waals surface area contributed by atoms with Gasteiger partial charge >= 0.3 is 0 Å². The topological polar surface area (TPSA) is 69.3 Å². The van der Waals surface area contributed by atoms with E-state index in [1.165, 1.54) is 0 Å². The third kappa shape index (κ3) is 5.79. The summed E-state index contributed by atoms with van der Waals surface area (Å²) in [5, 5.41) is 3.47. The second-order valence-electron chi connectivity index (χ2n) is 7.61. The van der Waals surface area contributed by atoms with E-state index in [4.69, 9.17) is 30.5 Å². The number of nitrogens with one attached hydrogen (secondary N) is 1. The van der Waals surface area contributed by atoms with Crippen LogP contribution in [-0.4, -0.2) is 77.1 Å². The smallest absolute Gasteiger partial charge is 0.255 e. The van der Waals surface area contributed by atoms with Gasteiger partial charge in [-0.1, -0.05) is 11.6 Å². The van der Waals surface area contributed by atoms with Gasteiger partial charge in [-0.15, -0.1) is 0 Å². The van der Waals surface area contributed by atoms with Crippen LogP contribution in [0.4, 0.5) is 0 Å². The summed E-state index contributed by atoms with van der Waals surface area (Å²) in [4.78, 5) is 15.4. The van der Waals surface area contributed by atoms with Crippen molar-refractivity contribution < 1.29 is 23.7 Å². The van der Waals surface area contributed by atoms with E-state index in [-0.39, 0.29) is 17.9 Å². The van der Waals surface area contributed by atoms with Crippen LogP contribution in [0.15, 0.2) is 10.5 Å². The average molecular weight is 506 g/mol. The van der Waals surface area contributed by atoms with Crippen molar-refractivity contribution >= 4 is 33.4 Å². The Morgan fingerprint density at radius 3 is 2.83 bits per heavy atom. The van der Waals surface area contributed by atoms with Gasteiger partial charge in [0.2, 0.25) is 0 Å². The van der Waals surface area contributed by atoms with E-state index in [1.807, 2.05) is 0 Å². The SMILES string of the molecule is COCCCN1CC[C@@H](CNC(=O)c2cc(Cl)c(Br)c3c2OCCCO3)C(OC)C1. The number of halogens is 2. The molecule has 2 atom stereocenters. The highest BCUT2D eigenvalue weighted by molar-refractivity contribution is 9.10. The Bertz CT molecular complexity index is 736. The Hall–Kier alpha value is -1.06. The third-order valence-corrected chi connectivity index (χ3v) is 6.90. The van der Waals surface area contributed by atoms with Crippen molar-refractivity contribution in [3.63, 3.8) is 0 Å². The van der Waals surface area contributed by atoms with Crippen LogP contribution in [0.2, 0.25) is 5.02 Å². The standard InChI is InChI=1S/C21H30BrClN2O5/c1-27-8-3-6-25-7-5-14(17(13-25)28-2)12-24-21(26)15-11-16(23)18(22)20-19(15)29-9-4-10-30-20/h11,14,17H,3-10,12-13H2,1-2H3,(H,24,26)/t14-,17?/m0/s1. The monoisotopic (exact) mass is 504 g/mol. The third-order valence-electron chi connectivity index (χ3n) is 5.59. The molecule has 0 aliphatic carbocycles. The van der Waals surface area contributed by atoms with Crippen molar-refractivity contribution in [2.45, 2.75) is 25.4 Å². The second-order valence-corrected chi connectivity index (χ2v) is 8.81. The van der Waals surface area contributed by atoms with Gasteiger partial charge in [-0.2, -0.15) is 0 Å². The Kier molecular flexibility index (Phi) is 9.07. The first-order valence-electron chi connectivity index (χ1n) is 10.3. The minimum Gasteiger partial charge on any atom is -0.489 e. The molecule has 1 aromatic rings. The summed E-state index contributed by atoms with van der Waals surface area (Å²) in [5.74, 6) is 0.963. The Balaban J connectivity index is 1.62. The molecule has 1 N–H and O–H groups in total. The Morgan fingerprint density at radius 1 is 1.33 bits per heavy atom. The number of hydrogen-bond acceptors (Lipinski definition) is 6. The molecule has 2 aliphatic heterocycles. The molecule has 0 bridgehead atoms. The highest BCUT2D eigenvalue weighted by atomic mass is 79.9. The highest BCUT2D eigenvalue weighted by Crippen LogP contribution is 2.44. The van der Waals surface area contributed by atoms with E-state index in [0.29, 0.717) is 46.3 Å². The van der Waals surface area contributed by atoms with Gasteiger partial charge in [0.25, 0.3) is 5.91 Å². The number of carbonyl (C=O) groups excluding carboxylic acids is 1. The molecule has 168 valence electrons. The molecule has 1 aromatic carbocycles. The molecule has 0 saturated carbocycles. The lowest BCUT2D eigenvalue weighted by molar-refractivity contribution is -0.0121. The number of ether oxygens (including phenoxy) is 4. The van der Waals surface area contributed by atoms with Crippen LogP contribution in [0.3, 0.4) is 0 Å². The maximum absolute atomic E-state index is 13.0. The second kappa shape index (κ2) is 11.5. The number of carbonyl (C=O) groups is 1. The lowest BCUT2D eigenvalue weighted by Gasteiger charge is -2.37. The van der Waals surface area contributed by atoms with Crippen molar-refractivity contribution in [3.05, 3.63) is 21.1 Å². The van der Waals surface area contributed by atoms with Gasteiger partial charge in [0.15, 0.2) is 11.5 Å². The lowest BCUT2D eigenvalue weighted by atomic mass is 9.93. The van der Waals surface area contributed by atoms with Crippen molar-refractivity contribution in [3.8, 4) is 11.5 Å². The molecule has 1 unspecified atom stereocenters. The molecule has 1 fully saturated rings. The van der Waals surface area contributed by atoms with Gasteiger partial charge in [-0.05, 0) is 41.4 Å². The minimum absolute atomic E-state index is 0.0757. The fraction of sp³-hybridized carbons (Fsp3) is 0.667. The van der Waals surface area contributed by atoms with Gasteiger partial charge in [-0.3, -0.25) is 4.79 Å². The summed E-state index contributed by atoms with van der Waals surface area (Å²) in [6.07, 6.45) is 2.79. The fourth-order valence-corrected chi connectivity index (χ4v) is 4.52. The van der Waals surface area contributed by atoms with Crippen molar-refractivity contribution in [1.29, 1.82) is 0 Å². The molecule has 0 radical (unpaired) electrons. The summed E-state index contributed by atoms with van der Waals surface area (Å²) in [5.41, 5.74) is 0.395. The molecular weight excluding hydrogens is 476 g/mol. The predicted octanol–water partition coefficient (Wildman–Crippen LogP) is 3.37. The zero-order valence-corrected chi connectivity index (χ0v) is 19.9. The average Bonchev–Trinajstić information content (AvgIpc) is 3.01. The van der Waals surface area contributed by atoms with Crippen molar-refractivity contribution in [2.75, 3.05) is 60.2 Å². The first-order chi connectivity index (χ1) is 14.5. The van der Waals surface area contributed by atoms with Crippen LogP contribution in [0, 0.1) is 5.92 Å². The van der Waals surface area contributed by atoms with E-state index < -0.39 is 0 Å². The van der Waals surface area contributed by atoms with Crippen molar-refractivity contribution in [2.24, 2.45) is 5.92 Å². The lowest BCUT2D eigenvalue weighted by Crippen LogP contribution is -2.48. The number of amides is 1. The molecule has 2 aliphatic rings. The van der Waals surface area contributed by atoms with Gasteiger partial charge in [0.1, 0.15) is 0 Å². The van der Waals surface area contributed by atoms with Crippen LogP contribution in [0.1, 0.15) is 29.6 Å². The molecule has 1 amide bonds. The first kappa shape index (κ1) is 23.6. The maximum atomic E-state index is 13.0. The zero-order chi connectivity index (χ0) is 21.5. The predicted molar refractivity (Wildman–Crippen MR) is 119 cm³/mol. The molecule has 0 aromatic heterocycles. The van der Waals surface area contributed by atoms with Crippen LogP contribution in [0.25, 0.3) is 0 Å². The number of hydrogen-bond donors (Lipinski definition) is 1. The number of rotatable bonds is 8. The van der Waals surface area contributed by atoms with E-state index >= 15 is 0 Å². The number of benzene rings is 1. The van der Waals surface area contributed by atoms with Crippen LogP contribution >= 0.6 is 27.5 Å². The zero-order valence-electron chi connectivity index (χ0n) is 17.5. The number of methoxy groups -OCH3 is 2. The van der Waals surface area contributed by atoms with E-state index in [0.717, 1.165) is 45.5 Å². The number of piperidine rings is 1. The van der Waals surface area contributed by atoms with E-state index in [2.05, 4.69) is 26.1 Å².